The number of para-hydroxylation sites is 1. The second kappa shape index (κ2) is 5.41. The SMILES string of the molecule is CC(C)N1CCN(c2cccc3cc(N)c(=O)oc23)CC1. The molecule has 0 radical (unpaired) electrons. The minimum Gasteiger partial charge on any atom is -0.419 e. The number of benzene rings is 1. The molecule has 1 aliphatic heterocycles. The van der Waals surface area contributed by atoms with Crippen LogP contribution in [0.2, 0.25) is 0 Å². The minimum absolute atomic E-state index is 0.157. The van der Waals surface area contributed by atoms with E-state index in [-0.39, 0.29) is 5.69 Å². The van der Waals surface area contributed by atoms with Crippen LogP contribution in [0, 0.1) is 0 Å². The summed E-state index contributed by atoms with van der Waals surface area (Å²) in [6.45, 7) is 8.35. The third-order valence-electron chi connectivity index (χ3n) is 4.15. The van der Waals surface area contributed by atoms with E-state index in [1.807, 2.05) is 18.2 Å². The van der Waals surface area contributed by atoms with E-state index in [0.29, 0.717) is 11.6 Å². The smallest absolute Gasteiger partial charge is 0.359 e. The lowest BCUT2D eigenvalue weighted by Crippen LogP contribution is -2.48. The zero-order valence-electron chi connectivity index (χ0n) is 12.5. The zero-order chi connectivity index (χ0) is 15.0. The highest BCUT2D eigenvalue weighted by Gasteiger charge is 2.21. The molecule has 0 saturated carbocycles. The van der Waals surface area contributed by atoms with Crippen LogP contribution in [0.4, 0.5) is 11.4 Å². The van der Waals surface area contributed by atoms with Crippen molar-refractivity contribution in [2.24, 2.45) is 0 Å². The zero-order valence-corrected chi connectivity index (χ0v) is 12.5. The lowest BCUT2D eigenvalue weighted by Gasteiger charge is -2.38. The Balaban J connectivity index is 1.95. The third-order valence-corrected chi connectivity index (χ3v) is 4.15. The van der Waals surface area contributed by atoms with Crippen LogP contribution in [0.25, 0.3) is 11.0 Å². The largest absolute Gasteiger partial charge is 0.419 e. The van der Waals surface area contributed by atoms with Crippen LogP contribution in [-0.4, -0.2) is 37.1 Å². The maximum atomic E-state index is 11.7. The lowest BCUT2D eigenvalue weighted by atomic mass is 10.1. The number of rotatable bonds is 2. The van der Waals surface area contributed by atoms with Gasteiger partial charge in [-0.25, -0.2) is 4.79 Å². The maximum absolute atomic E-state index is 11.7. The molecule has 0 atom stereocenters. The Labute approximate surface area is 123 Å². The van der Waals surface area contributed by atoms with Crippen molar-refractivity contribution in [1.29, 1.82) is 0 Å². The Bertz CT molecular complexity index is 700. The molecule has 112 valence electrons. The number of anilines is 2. The summed E-state index contributed by atoms with van der Waals surface area (Å²) in [4.78, 5) is 16.4. The van der Waals surface area contributed by atoms with E-state index < -0.39 is 5.63 Å². The van der Waals surface area contributed by atoms with Gasteiger partial charge < -0.3 is 15.1 Å². The highest BCUT2D eigenvalue weighted by atomic mass is 16.4. The molecule has 2 aromatic rings. The van der Waals surface area contributed by atoms with Gasteiger partial charge in [-0.3, -0.25) is 4.90 Å². The van der Waals surface area contributed by atoms with Crippen molar-refractivity contribution in [3.63, 3.8) is 0 Å². The van der Waals surface area contributed by atoms with Crippen LogP contribution in [0.1, 0.15) is 13.8 Å². The summed E-state index contributed by atoms with van der Waals surface area (Å²) >= 11 is 0. The summed E-state index contributed by atoms with van der Waals surface area (Å²) in [6.07, 6.45) is 0. The predicted molar refractivity (Wildman–Crippen MR) is 85.8 cm³/mol. The molecule has 1 aliphatic rings. The summed E-state index contributed by atoms with van der Waals surface area (Å²) in [5.41, 5.74) is 6.95. The highest BCUT2D eigenvalue weighted by Crippen LogP contribution is 2.27. The number of hydrogen-bond acceptors (Lipinski definition) is 5. The summed E-state index contributed by atoms with van der Waals surface area (Å²) in [5, 5.41) is 0.871. The molecule has 2 heterocycles. The average molecular weight is 287 g/mol. The van der Waals surface area contributed by atoms with Crippen molar-refractivity contribution >= 4 is 22.3 Å². The van der Waals surface area contributed by atoms with Crippen molar-refractivity contribution in [3.05, 3.63) is 34.7 Å². The topological polar surface area (TPSA) is 62.7 Å². The van der Waals surface area contributed by atoms with Crippen LogP contribution >= 0.6 is 0 Å². The molecule has 0 aliphatic carbocycles. The first-order valence-corrected chi connectivity index (χ1v) is 7.37. The first-order chi connectivity index (χ1) is 10.1. The van der Waals surface area contributed by atoms with Gasteiger partial charge in [0.1, 0.15) is 5.69 Å². The molecule has 2 N–H and O–H groups in total. The number of nitrogens with zero attached hydrogens (tertiary/aromatic N) is 2. The molecule has 1 aromatic heterocycles. The number of fused-ring (bicyclic) bond motifs is 1. The number of piperazine rings is 1. The third kappa shape index (κ3) is 2.61. The molecule has 0 unspecified atom stereocenters. The predicted octanol–water partition coefficient (Wildman–Crippen LogP) is 1.91. The van der Waals surface area contributed by atoms with Gasteiger partial charge in [-0.15, -0.1) is 0 Å². The van der Waals surface area contributed by atoms with Crippen LogP contribution in [-0.2, 0) is 0 Å². The highest BCUT2D eigenvalue weighted by molar-refractivity contribution is 5.90. The molecule has 0 amide bonds. The first-order valence-electron chi connectivity index (χ1n) is 7.37. The second-order valence-corrected chi connectivity index (χ2v) is 5.80. The molecule has 21 heavy (non-hydrogen) atoms. The second-order valence-electron chi connectivity index (χ2n) is 5.80. The van der Waals surface area contributed by atoms with Crippen molar-refractivity contribution in [2.45, 2.75) is 19.9 Å². The van der Waals surface area contributed by atoms with E-state index in [9.17, 15) is 4.79 Å². The fourth-order valence-electron chi connectivity index (χ4n) is 2.87. The fourth-order valence-corrected chi connectivity index (χ4v) is 2.87. The maximum Gasteiger partial charge on any atom is 0.359 e. The Morgan fingerprint density at radius 3 is 2.57 bits per heavy atom. The fraction of sp³-hybridized carbons (Fsp3) is 0.438. The van der Waals surface area contributed by atoms with E-state index in [2.05, 4.69) is 23.6 Å². The van der Waals surface area contributed by atoms with Gasteiger partial charge in [-0.1, -0.05) is 12.1 Å². The minimum atomic E-state index is -0.462. The van der Waals surface area contributed by atoms with E-state index in [1.54, 1.807) is 6.07 Å². The Hall–Kier alpha value is -2.01. The standard InChI is InChI=1S/C16H21N3O2/c1-11(2)18-6-8-19(9-7-18)14-5-3-4-12-10-13(17)16(20)21-15(12)14/h3-5,10-11H,6-9,17H2,1-2H3. The van der Waals surface area contributed by atoms with Gasteiger partial charge in [0.25, 0.3) is 0 Å². The summed E-state index contributed by atoms with van der Waals surface area (Å²) in [6, 6.07) is 8.16. The van der Waals surface area contributed by atoms with Gasteiger partial charge in [0.05, 0.1) is 5.69 Å². The van der Waals surface area contributed by atoms with Gasteiger partial charge in [-0.2, -0.15) is 0 Å². The van der Waals surface area contributed by atoms with Crippen LogP contribution in [0.3, 0.4) is 0 Å². The van der Waals surface area contributed by atoms with E-state index in [1.165, 1.54) is 0 Å². The van der Waals surface area contributed by atoms with E-state index >= 15 is 0 Å². The van der Waals surface area contributed by atoms with Crippen molar-refractivity contribution in [1.82, 2.24) is 4.90 Å². The van der Waals surface area contributed by atoms with Gasteiger partial charge in [0, 0.05) is 37.6 Å². The normalized spacial score (nSPS) is 16.8. The molecular weight excluding hydrogens is 266 g/mol. The lowest BCUT2D eigenvalue weighted by molar-refractivity contribution is 0.209. The van der Waals surface area contributed by atoms with Crippen molar-refractivity contribution in [2.75, 3.05) is 36.8 Å². The molecular formula is C16H21N3O2. The van der Waals surface area contributed by atoms with Gasteiger partial charge in [0.2, 0.25) is 0 Å². The van der Waals surface area contributed by atoms with Crippen LogP contribution < -0.4 is 16.3 Å². The molecule has 5 nitrogen and oxygen atoms in total. The summed E-state index contributed by atoms with van der Waals surface area (Å²) < 4.78 is 5.42. The van der Waals surface area contributed by atoms with E-state index in [0.717, 1.165) is 37.3 Å². The molecule has 3 rings (SSSR count). The van der Waals surface area contributed by atoms with Crippen molar-refractivity contribution in [3.8, 4) is 0 Å². The summed E-state index contributed by atoms with van der Waals surface area (Å²) in [5.74, 6) is 0. The Morgan fingerprint density at radius 1 is 1.19 bits per heavy atom. The number of nitrogen functional groups attached to an aromatic ring is 1. The molecule has 5 heteroatoms. The average Bonchev–Trinajstić information content (AvgIpc) is 2.48. The molecule has 0 spiro atoms. The van der Waals surface area contributed by atoms with E-state index in [4.69, 9.17) is 10.2 Å². The quantitative estimate of drug-likeness (QED) is 0.855. The molecule has 1 fully saturated rings. The number of hydrogen-bond donors (Lipinski definition) is 1. The monoisotopic (exact) mass is 287 g/mol. The van der Waals surface area contributed by atoms with Crippen LogP contribution in [0.15, 0.2) is 33.5 Å². The first kappa shape index (κ1) is 13.9. The van der Waals surface area contributed by atoms with Crippen LogP contribution in [0.5, 0.6) is 0 Å². The number of nitrogens with two attached hydrogens (primary N) is 1. The Morgan fingerprint density at radius 2 is 1.90 bits per heavy atom. The molecule has 0 bridgehead atoms. The summed E-state index contributed by atoms with van der Waals surface area (Å²) in [7, 11) is 0. The van der Waals surface area contributed by atoms with Gasteiger partial charge in [0.15, 0.2) is 5.58 Å². The van der Waals surface area contributed by atoms with Gasteiger partial charge in [-0.05, 0) is 26.0 Å². The van der Waals surface area contributed by atoms with Gasteiger partial charge >= 0.3 is 5.63 Å². The molecule has 1 aromatic carbocycles. The van der Waals surface area contributed by atoms with Crippen molar-refractivity contribution < 1.29 is 4.42 Å². The Kier molecular flexibility index (Phi) is 3.59. The molecule has 1 saturated heterocycles.